The van der Waals surface area contributed by atoms with Crippen LogP contribution in [0.3, 0.4) is 0 Å². The normalized spacial score (nSPS) is 9.95. The van der Waals surface area contributed by atoms with Gasteiger partial charge in [0, 0.05) is 0 Å². The zero-order chi connectivity index (χ0) is 15.2. The highest BCUT2D eigenvalue weighted by molar-refractivity contribution is 9.10. The summed E-state index contributed by atoms with van der Waals surface area (Å²) in [6.07, 6.45) is -0.711. The number of benzene rings is 1. The quantitative estimate of drug-likeness (QED) is 0.877. The number of hydrogen-bond donors (Lipinski definition) is 2. The number of aromatic nitrogens is 2. The summed E-state index contributed by atoms with van der Waals surface area (Å²) in [5.41, 5.74) is 0.615. The van der Waals surface area contributed by atoms with E-state index in [0.29, 0.717) is 4.47 Å². The average Bonchev–Trinajstić information content (AvgIpc) is 2.48. The van der Waals surface area contributed by atoms with Gasteiger partial charge in [0.05, 0.1) is 4.47 Å². The van der Waals surface area contributed by atoms with Crippen LogP contribution in [0.2, 0.25) is 0 Å². The lowest BCUT2D eigenvalue weighted by molar-refractivity contribution is 0.0689. The highest BCUT2D eigenvalue weighted by Gasteiger charge is 2.13. The van der Waals surface area contributed by atoms with Crippen LogP contribution in [0.25, 0.3) is 0 Å². The summed E-state index contributed by atoms with van der Waals surface area (Å²) in [6, 6.07) is 10.4. The maximum atomic E-state index is 11.6. The smallest absolute Gasteiger partial charge is 0.413 e. The minimum atomic E-state index is -1.21. The van der Waals surface area contributed by atoms with Gasteiger partial charge in [-0.3, -0.25) is 5.32 Å². The van der Waals surface area contributed by atoms with Crippen LogP contribution in [-0.2, 0) is 11.3 Å². The highest BCUT2D eigenvalue weighted by atomic mass is 79.9. The Morgan fingerprint density at radius 1 is 1.24 bits per heavy atom. The summed E-state index contributed by atoms with van der Waals surface area (Å²) in [5.74, 6) is -1.13. The number of carbonyl (C=O) groups excluding carboxylic acids is 1. The van der Waals surface area contributed by atoms with E-state index in [4.69, 9.17) is 9.84 Å². The van der Waals surface area contributed by atoms with Crippen LogP contribution in [-0.4, -0.2) is 27.4 Å². The van der Waals surface area contributed by atoms with Crippen molar-refractivity contribution in [3.63, 3.8) is 0 Å². The average molecular weight is 352 g/mol. The molecule has 8 heteroatoms. The zero-order valence-corrected chi connectivity index (χ0v) is 12.2. The lowest BCUT2D eigenvalue weighted by atomic mass is 10.2. The molecule has 21 heavy (non-hydrogen) atoms. The fraction of sp³-hybridized carbons (Fsp3) is 0.0769. The third-order valence-electron chi connectivity index (χ3n) is 2.40. The van der Waals surface area contributed by atoms with Crippen molar-refractivity contribution in [3.05, 3.63) is 52.1 Å². The minimum absolute atomic E-state index is 0.0815. The molecule has 108 valence electrons. The van der Waals surface area contributed by atoms with Crippen LogP contribution in [0.5, 0.6) is 0 Å². The van der Waals surface area contributed by atoms with E-state index in [1.165, 1.54) is 6.07 Å². The summed E-state index contributed by atoms with van der Waals surface area (Å²) in [5, 5.41) is 18.2. The molecule has 1 amide bonds. The monoisotopic (exact) mass is 351 g/mol. The molecule has 1 aromatic carbocycles. The standard InChI is InChI=1S/C13H10BrN3O4/c14-9-6-10(12(18)19)16-17-11(9)15-13(20)21-7-8-4-2-1-3-5-8/h1-6H,7H2,(H,18,19)(H,15,17,20). The van der Waals surface area contributed by atoms with Gasteiger partial charge >= 0.3 is 12.1 Å². The molecule has 0 aliphatic heterocycles. The molecule has 7 nitrogen and oxygen atoms in total. The fourth-order valence-electron chi connectivity index (χ4n) is 1.41. The van der Waals surface area contributed by atoms with Crippen molar-refractivity contribution >= 4 is 33.8 Å². The van der Waals surface area contributed by atoms with Gasteiger partial charge in [-0.15, -0.1) is 10.2 Å². The summed E-state index contributed by atoms with van der Waals surface area (Å²) >= 11 is 3.10. The summed E-state index contributed by atoms with van der Waals surface area (Å²) in [7, 11) is 0. The Morgan fingerprint density at radius 3 is 2.57 bits per heavy atom. The predicted molar refractivity (Wildman–Crippen MR) is 76.9 cm³/mol. The Labute approximate surface area is 128 Å². The first-order chi connectivity index (χ1) is 10.1. The van der Waals surface area contributed by atoms with Crippen LogP contribution < -0.4 is 5.32 Å². The van der Waals surface area contributed by atoms with Gasteiger partial charge in [-0.1, -0.05) is 30.3 Å². The molecule has 2 rings (SSSR count). The second-order valence-corrected chi connectivity index (χ2v) is 4.77. The number of ether oxygens (including phenoxy) is 1. The van der Waals surface area contributed by atoms with Crippen LogP contribution in [0.1, 0.15) is 16.1 Å². The molecule has 1 aromatic heterocycles. The van der Waals surface area contributed by atoms with Gasteiger partial charge in [0.1, 0.15) is 6.61 Å². The van der Waals surface area contributed by atoms with E-state index in [-0.39, 0.29) is 18.1 Å². The number of anilines is 1. The molecule has 0 aliphatic carbocycles. The molecule has 0 unspecified atom stereocenters. The van der Waals surface area contributed by atoms with Crippen molar-refractivity contribution in [2.75, 3.05) is 5.32 Å². The van der Waals surface area contributed by atoms with Crippen LogP contribution in [0.15, 0.2) is 40.9 Å². The number of carboxylic acids is 1. The van der Waals surface area contributed by atoms with Crippen molar-refractivity contribution in [2.45, 2.75) is 6.61 Å². The molecule has 0 bridgehead atoms. The molecule has 0 atom stereocenters. The van der Waals surface area contributed by atoms with E-state index in [9.17, 15) is 9.59 Å². The fourth-order valence-corrected chi connectivity index (χ4v) is 1.81. The Hall–Kier alpha value is -2.48. The number of hydrogen-bond acceptors (Lipinski definition) is 5. The van der Waals surface area contributed by atoms with Gasteiger partial charge in [-0.05, 0) is 27.6 Å². The van der Waals surface area contributed by atoms with Crippen molar-refractivity contribution in [1.29, 1.82) is 0 Å². The summed E-state index contributed by atoms with van der Waals surface area (Å²) in [4.78, 5) is 22.3. The Bertz CT molecular complexity index is 664. The topological polar surface area (TPSA) is 101 Å². The van der Waals surface area contributed by atoms with E-state index >= 15 is 0 Å². The van der Waals surface area contributed by atoms with E-state index in [1.54, 1.807) is 0 Å². The maximum Gasteiger partial charge on any atom is 0.413 e. The van der Waals surface area contributed by atoms with E-state index < -0.39 is 12.1 Å². The number of nitrogens with zero attached hydrogens (tertiary/aromatic N) is 2. The Morgan fingerprint density at radius 2 is 1.95 bits per heavy atom. The second kappa shape index (κ2) is 6.80. The van der Waals surface area contributed by atoms with E-state index in [2.05, 4.69) is 31.4 Å². The Kier molecular flexibility index (Phi) is 4.83. The second-order valence-electron chi connectivity index (χ2n) is 3.92. The van der Waals surface area contributed by atoms with Crippen molar-refractivity contribution in [2.24, 2.45) is 0 Å². The van der Waals surface area contributed by atoms with Gasteiger partial charge in [-0.2, -0.15) is 0 Å². The first kappa shape index (κ1) is 14.9. The zero-order valence-electron chi connectivity index (χ0n) is 10.6. The number of amides is 1. The molecule has 2 aromatic rings. The number of aromatic carboxylic acids is 1. The molecule has 0 saturated heterocycles. The van der Waals surface area contributed by atoms with Gasteiger partial charge in [0.2, 0.25) is 0 Å². The van der Waals surface area contributed by atoms with Gasteiger partial charge in [-0.25, -0.2) is 9.59 Å². The molecule has 1 heterocycles. The summed E-state index contributed by atoms with van der Waals surface area (Å²) < 4.78 is 5.31. The first-order valence-electron chi connectivity index (χ1n) is 5.80. The van der Waals surface area contributed by atoms with Crippen molar-refractivity contribution in [1.82, 2.24) is 10.2 Å². The highest BCUT2D eigenvalue weighted by Crippen LogP contribution is 2.19. The third-order valence-corrected chi connectivity index (χ3v) is 3.00. The van der Waals surface area contributed by atoms with Gasteiger partial charge in [0.25, 0.3) is 0 Å². The number of halogens is 1. The largest absolute Gasteiger partial charge is 0.476 e. The summed E-state index contributed by atoms with van der Waals surface area (Å²) in [6.45, 7) is 0.116. The molecular weight excluding hydrogens is 342 g/mol. The molecular formula is C13H10BrN3O4. The SMILES string of the molecule is O=C(Nc1nnc(C(=O)O)cc1Br)OCc1ccccc1. The van der Waals surface area contributed by atoms with Crippen molar-refractivity contribution in [3.8, 4) is 0 Å². The predicted octanol–water partition coefficient (Wildman–Crippen LogP) is 2.69. The molecule has 2 N–H and O–H groups in total. The van der Waals surface area contributed by atoms with Crippen molar-refractivity contribution < 1.29 is 19.4 Å². The minimum Gasteiger partial charge on any atom is -0.476 e. The van der Waals surface area contributed by atoms with Gasteiger partial charge < -0.3 is 9.84 Å². The molecule has 0 fully saturated rings. The third kappa shape index (κ3) is 4.25. The lowest BCUT2D eigenvalue weighted by Gasteiger charge is -2.07. The molecule has 0 saturated carbocycles. The number of rotatable bonds is 4. The number of carbonyl (C=O) groups is 2. The van der Waals surface area contributed by atoms with Crippen LogP contribution in [0.4, 0.5) is 10.6 Å². The molecule has 0 radical (unpaired) electrons. The van der Waals surface area contributed by atoms with E-state index in [1.807, 2.05) is 30.3 Å². The van der Waals surface area contributed by atoms with Gasteiger partial charge in [0.15, 0.2) is 11.5 Å². The first-order valence-corrected chi connectivity index (χ1v) is 6.60. The maximum absolute atomic E-state index is 11.6. The van der Waals surface area contributed by atoms with E-state index in [0.717, 1.165) is 5.56 Å². The molecule has 0 aliphatic rings. The number of carboxylic acid groups (broad SMARTS) is 1. The Balaban J connectivity index is 1.95. The lowest BCUT2D eigenvalue weighted by Crippen LogP contribution is -2.16. The van der Waals surface area contributed by atoms with Crippen LogP contribution in [0, 0.1) is 0 Å². The number of nitrogens with one attached hydrogen (secondary N) is 1. The van der Waals surface area contributed by atoms with Crippen LogP contribution >= 0.6 is 15.9 Å². The molecule has 0 spiro atoms.